The molecule has 0 spiro atoms. The molecule has 1 heterocycles. The van der Waals surface area contributed by atoms with E-state index in [1.807, 2.05) is 6.92 Å². The number of hydrogen-bond acceptors (Lipinski definition) is 3. The van der Waals surface area contributed by atoms with Crippen molar-refractivity contribution >= 4 is 41.1 Å². The summed E-state index contributed by atoms with van der Waals surface area (Å²) in [6, 6.07) is 1.71. The molecule has 0 atom stereocenters. The average Bonchev–Trinajstić information content (AvgIpc) is 2.64. The molecule has 0 bridgehead atoms. The van der Waals surface area contributed by atoms with E-state index >= 15 is 0 Å². The lowest BCUT2D eigenvalue weighted by Gasteiger charge is -1.86. The first-order chi connectivity index (χ1) is 6.65. The Morgan fingerprint density at radius 1 is 1.53 bits per heavy atom. The highest BCUT2D eigenvalue weighted by Crippen LogP contribution is 2.19. The van der Waals surface area contributed by atoms with Crippen molar-refractivity contribution in [3.05, 3.63) is 21.3 Å². The highest BCUT2D eigenvalue weighted by atomic mass is 35.5. The van der Waals surface area contributed by atoms with Crippen LogP contribution in [-0.2, 0) is 0 Å². The van der Waals surface area contributed by atoms with Gasteiger partial charge < -0.3 is 5.73 Å². The summed E-state index contributed by atoms with van der Waals surface area (Å²) in [5.74, 6) is 0.164. The van der Waals surface area contributed by atoms with Gasteiger partial charge in [-0.15, -0.1) is 23.7 Å². The summed E-state index contributed by atoms with van der Waals surface area (Å²) < 4.78 is 0. The predicted molar refractivity (Wildman–Crippen MR) is 70.5 cm³/mol. The lowest BCUT2D eigenvalue weighted by atomic mass is 10.3. The number of ketones is 1. The maximum absolute atomic E-state index is 11.0. The summed E-state index contributed by atoms with van der Waals surface area (Å²) in [5.41, 5.74) is 5.03. The van der Waals surface area contributed by atoms with Crippen LogP contribution in [0.15, 0.2) is 11.4 Å². The van der Waals surface area contributed by atoms with Gasteiger partial charge in [0.1, 0.15) is 0 Å². The molecule has 15 heavy (non-hydrogen) atoms. The largest absolute Gasteiger partial charge is 0.330 e. The van der Waals surface area contributed by atoms with E-state index in [4.69, 9.17) is 17.3 Å². The number of halogens is 2. The minimum atomic E-state index is 0. The van der Waals surface area contributed by atoms with Crippen LogP contribution in [0.1, 0.15) is 36.4 Å². The third-order valence-corrected chi connectivity index (χ3v) is 2.77. The van der Waals surface area contributed by atoms with E-state index in [9.17, 15) is 4.79 Å². The van der Waals surface area contributed by atoms with Crippen LogP contribution in [0.3, 0.4) is 0 Å². The second-order valence-corrected chi connectivity index (χ2v) is 4.04. The third kappa shape index (κ3) is 7.79. The Morgan fingerprint density at radius 3 is 2.33 bits per heavy atom. The van der Waals surface area contributed by atoms with Crippen molar-refractivity contribution in [2.24, 2.45) is 5.73 Å². The van der Waals surface area contributed by atoms with Gasteiger partial charge in [-0.05, 0) is 19.0 Å². The van der Waals surface area contributed by atoms with Gasteiger partial charge in [0.15, 0.2) is 5.78 Å². The molecule has 0 aliphatic rings. The van der Waals surface area contributed by atoms with Crippen molar-refractivity contribution in [3.8, 4) is 0 Å². The van der Waals surface area contributed by atoms with Crippen molar-refractivity contribution < 1.29 is 4.79 Å². The molecule has 1 rings (SSSR count). The molecule has 2 nitrogen and oxygen atoms in total. The summed E-state index contributed by atoms with van der Waals surface area (Å²) in [5, 5.41) is 2.42. The Morgan fingerprint density at radius 2 is 2.07 bits per heavy atom. The van der Waals surface area contributed by atoms with Gasteiger partial charge in [0.05, 0.1) is 9.90 Å². The molecule has 0 aromatic carbocycles. The lowest BCUT2D eigenvalue weighted by Crippen LogP contribution is -1.93. The number of nitrogens with two attached hydrogens (primary N) is 1. The summed E-state index contributed by atoms with van der Waals surface area (Å²) in [6.45, 7) is 4.72. The maximum atomic E-state index is 11.0. The molecule has 0 radical (unpaired) electrons. The Kier molecular flexibility index (Phi) is 12.0. The van der Waals surface area contributed by atoms with E-state index in [0.717, 1.165) is 17.8 Å². The van der Waals surface area contributed by atoms with Crippen molar-refractivity contribution in [2.75, 3.05) is 6.54 Å². The first-order valence-corrected chi connectivity index (χ1v) is 5.88. The van der Waals surface area contributed by atoms with Gasteiger partial charge in [-0.1, -0.05) is 25.4 Å². The van der Waals surface area contributed by atoms with Crippen LogP contribution >= 0.6 is 35.3 Å². The zero-order valence-corrected chi connectivity index (χ0v) is 11.3. The van der Waals surface area contributed by atoms with Gasteiger partial charge in [0.2, 0.25) is 0 Å². The van der Waals surface area contributed by atoms with Gasteiger partial charge >= 0.3 is 0 Å². The Labute approximate surface area is 106 Å². The molecule has 0 amide bonds. The van der Waals surface area contributed by atoms with Crippen molar-refractivity contribution in [3.63, 3.8) is 0 Å². The van der Waals surface area contributed by atoms with E-state index in [0.29, 0.717) is 11.4 Å². The summed E-state index contributed by atoms with van der Waals surface area (Å²) in [4.78, 5) is 11.7. The normalized spacial score (nSPS) is 8.53. The van der Waals surface area contributed by atoms with Crippen LogP contribution in [-0.4, -0.2) is 12.3 Å². The minimum Gasteiger partial charge on any atom is -0.330 e. The number of thiophene rings is 1. The van der Waals surface area contributed by atoms with Crippen LogP contribution in [0.5, 0.6) is 0 Å². The smallest absolute Gasteiger partial charge is 0.172 e. The molecule has 5 heteroatoms. The molecule has 0 saturated heterocycles. The first kappa shape index (κ1) is 17.3. The standard InChI is InChI=1S/C7H7ClOS.C3H9N.ClH/c1-2-6(9)7-3-5(8)4-10-7;1-2-3-4;/h3-4H,2H2,1H3;2-4H2,1H3;1H. The summed E-state index contributed by atoms with van der Waals surface area (Å²) >= 11 is 7.02. The first-order valence-electron chi connectivity index (χ1n) is 4.62. The summed E-state index contributed by atoms with van der Waals surface area (Å²) in [7, 11) is 0. The Balaban J connectivity index is 0. The van der Waals surface area contributed by atoms with Crippen molar-refractivity contribution in [1.82, 2.24) is 0 Å². The SMILES string of the molecule is CCC(=O)c1cc(Cl)cs1.CCCN.Cl. The zero-order valence-electron chi connectivity index (χ0n) is 8.96. The number of carbonyl (C=O) groups excluding carboxylic acids is 1. The quantitative estimate of drug-likeness (QED) is 0.849. The van der Waals surface area contributed by atoms with Gasteiger partial charge in [-0.2, -0.15) is 0 Å². The molecular formula is C10H17Cl2NOS. The Bertz CT molecular complexity index is 274. The van der Waals surface area contributed by atoms with E-state index in [2.05, 4.69) is 6.92 Å². The topological polar surface area (TPSA) is 43.1 Å². The molecule has 88 valence electrons. The van der Waals surface area contributed by atoms with Crippen LogP contribution in [0.4, 0.5) is 0 Å². The minimum absolute atomic E-state index is 0. The number of rotatable bonds is 3. The molecule has 0 aliphatic carbocycles. The fraction of sp³-hybridized carbons (Fsp3) is 0.500. The molecule has 1 aromatic rings. The third-order valence-electron chi connectivity index (χ3n) is 1.45. The zero-order chi connectivity index (χ0) is 11.0. The van der Waals surface area contributed by atoms with E-state index in [1.165, 1.54) is 11.3 Å². The van der Waals surface area contributed by atoms with Crippen LogP contribution in [0, 0.1) is 0 Å². The average molecular weight is 270 g/mol. The number of Topliss-reactive ketones (excluding diaryl/α,β-unsaturated/α-hetero) is 1. The lowest BCUT2D eigenvalue weighted by molar-refractivity contribution is 0.0992. The van der Waals surface area contributed by atoms with Crippen LogP contribution in [0.25, 0.3) is 0 Å². The molecule has 0 fully saturated rings. The molecule has 0 saturated carbocycles. The molecule has 2 N–H and O–H groups in total. The maximum Gasteiger partial charge on any atom is 0.172 e. The second kappa shape index (κ2) is 10.4. The van der Waals surface area contributed by atoms with Gasteiger partial charge in [0, 0.05) is 11.8 Å². The summed E-state index contributed by atoms with van der Waals surface area (Å²) in [6.07, 6.45) is 1.65. The molecular weight excluding hydrogens is 253 g/mol. The predicted octanol–water partition coefficient (Wildman–Crippen LogP) is 3.77. The number of hydrogen-bond donors (Lipinski definition) is 1. The second-order valence-electron chi connectivity index (χ2n) is 2.69. The fourth-order valence-electron chi connectivity index (χ4n) is 0.634. The molecule has 0 unspecified atom stereocenters. The van der Waals surface area contributed by atoms with E-state index in [1.54, 1.807) is 11.4 Å². The molecule has 1 aromatic heterocycles. The van der Waals surface area contributed by atoms with Gasteiger partial charge in [-0.3, -0.25) is 4.79 Å². The monoisotopic (exact) mass is 269 g/mol. The molecule has 0 aliphatic heterocycles. The highest BCUT2D eigenvalue weighted by molar-refractivity contribution is 7.12. The van der Waals surface area contributed by atoms with E-state index < -0.39 is 0 Å². The fourth-order valence-corrected chi connectivity index (χ4v) is 1.72. The van der Waals surface area contributed by atoms with Gasteiger partial charge in [-0.25, -0.2) is 0 Å². The van der Waals surface area contributed by atoms with Crippen LogP contribution < -0.4 is 5.73 Å². The highest BCUT2D eigenvalue weighted by Gasteiger charge is 2.04. The van der Waals surface area contributed by atoms with Crippen molar-refractivity contribution in [1.29, 1.82) is 0 Å². The van der Waals surface area contributed by atoms with Crippen LogP contribution in [0.2, 0.25) is 5.02 Å². The van der Waals surface area contributed by atoms with E-state index in [-0.39, 0.29) is 18.2 Å². The van der Waals surface area contributed by atoms with Crippen molar-refractivity contribution in [2.45, 2.75) is 26.7 Å². The van der Waals surface area contributed by atoms with Gasteiger partial charge in [0.25, 0.3) is 0 Å². The number of carbonyl (C=O) groups is 1. The Hall–Kier alpha value is -0.0900.